The molecule has 3 rings (SSSR count). The van der Waals surface area contributed by atoms with Gasteiger partial charge in [0.15, 0.2) is 0 Å². The maximum Gasteiger partial charge on any atom is 0.205 e. The third-order valence-electron chi connectivity index (χ3n) is 3.17. The average molecular weight is 310 g/mol. The van der Waals surface area contributed by atoms with E-state index < -0.39 is 0 Å². The first-order valence-corrected chi connectivity index (χ1v) is 7.26. The molecular weight excluding hydrogens is 298 g/mol. The van der Waals surface area contributed by atoms with Gasteiger partial charge >= 0.3 is 0 Å². The Labute approximate surface area is 112 Å². The number of hydrogen-bond acceptors (Lipinski definition) is 4. The smallest absolute Gasteiger partial charge is 0.205 e. The van der Waals surface area contributed by atoms with Gasteiger partial charge in [-0.05, 0) is 36.5 Å². The van der Waals surface area contributed by atoms with Crippen molar-refractivity contribution in [2.24, 2.45) is 0 Å². The highest BCUT2D eigenvalue weighted by Crippen LogP contribution is 2.38. The van der Waals surface area contributed by atoms with Gasteiger partial charge in [0, 0.05) is 10.5 Å². The van der Waals surface area contributed by atoms with Crippen molar-refractivity contribution < 1.29 is 0 Å². The first kappa shape index (κ1) is 11.2. The fourth-order valence-corrected chi connectivity index (χ4v) is 2.94. The number of hydrogen-bond donors (Lipinski definition) is 1. The van der Waals surface area contributed by atoms with E-state index in [2.05, 4.69) is 55.7 Å². The van der Waals surface area contributed by atoms with Crippen LogP contribution in [0, 0.1) is 0 Å². The predicted molar refractivity (Wildman–Crippen MR) is 73.4 cm³/mol. The van der Waals surface area contributed by atoms with E-state index in [4.69, 9.17) is 0 Å². The van der Waals surface area contributed by atoms with E-state index >= 15 is 0 Å². The molecule has 0 amide bonds. The Hall–Kier alpha value is -0.940. The van der Waals surface area contributed by atoms with Gasteiger partial charge in [0.1, 0.15) is 5.51 Å². The Kier molecular flexibility index (Phi) is 3.11. The minimum atomic E-state index is 0.552. The standard InChI is InChI=1S/C12H12BrN3S/c13-10-3-1-8(2-4-10)9-5-11(6-9)15-12-16-14-7-17-12/h1-4,7,9,11H,5-6H2,(H,15,16). The summed E-state index contributed by atoms with van der Waals surface area (Å²) >= 11 is 5.02. The molecule has 88 valence electrons. The lowest BCUT2D eigenvalue weighted by Gasteiger charge is -2.36. The SMILES string of the molecule is Brc1ccc(C2CC(Nc3nncs3)C2)cc1. The van der Waals surface area contributed by atoms with E-state index in [0.717, 1.165) is 9.60 Å². The maximum atomic E-state index is 4.00. The van der Waals surface area contributed by atoms with Gasteiger partial charge in [0.2, 0.25) is 5.13 Å². The molecule has 2 aromatic rings. The third kappa shape index (κ3) is 2.50. The summed E-state index contributed by atoms with van der Waals surface area (Å²) in [5.41, 5.74) is 3.19. The molecule has 0 unspecified atom stereocenters. The molecule has 1 aromatic heterocycles. The average Bonchev–Trinajstić information content (AvgIpc) is 2.77. The molecular formula is C12H12BrN3S. The second kappa shape index (κ2) is 4.74. The summed E-state index contributed by atoms with van der Waals surface area (Å²) < 4.78 is 1.14. The Morgan fingerprint density at radius 2 is 2.00 bits per heavy atom. The Balaban J connectivity index is 1.56. The summed E-state index contributed by atoms with van der Waals surface area (Å²) in [7, 11) is 0. The van der Waals surface area contributed by atoms with Crippen molar-refractivity contribution in [3.8, 4) is 0 Å². The molecule has 0 atom stereocenters. The fraction of sp³-hybridized carbons (Fsp3) is 0.333. The summed E-state index contributed by atoms with van der Waals surface area (Å²) in [6, 6.07) is 9.18. The zero-order valence-electron chi connectivity index (χ0n) is 9.14. The zero-order chi connectivity index (χ0) is 11.7. The third-order valence-corrected chi connectivity index (χ3v) is 4.32. The molecule has 3 nitrogen and oxygen atoms in total. The van der Waals surface area contributed by atoms with Gasteiger partial charge in [-0.3, -0.25) is 0 Å². The van der Waals surface area contributed by atoms with Gasteiger partial charge in [-0.1, -0.05) is 39.4 Å². The normalized spacial score (nSPS) is 23.1. The van der Waals surface area contributed by atoms with Crippen molar-refractivity contribution >= 4 is 32.4 Å². The minimum Gasteiger partial charge on any atom is -0.357 e. The molecule has 5 heteroatoms. The molecule has 0 bridgehead atoms. The van der Waals surface area contributed by atoms with E-state index in [-0.39, 0.29) is 0 Å². The number of nitrogens with zero attached hydrogens (tertiary/aromatic N) is 2. The molecule has 0 radical (unpaired) electrons. The van der Waals surface area contributed by atoms with Crippen LogP contribution in [0.25, 0.3) is 0 Å². The highest BCUT2D eigenvalue weighted by Gasteiger charge is 2.30. The molecule has 1 heterocycles. The van der Waals surface area contributed by atoms with Crippen LogP contribution in [0.2, 0.25) is 0 Å². The number of aromatic nitrogens is 2. The molecule has 1 saturated carbocycles. The molecule has 0 aliphatic heterocycles. The lowest BCUT2D eigenvalue weighted by molar-refractivity contribution is 0.374. The Morgan fingerprint density at radius 3 is 2.65 bits per heavy atom. The molecule has 17 heavy (non-hydrogen) atoms. The number of anilines is 1. The van der Waals surface area contributed by atoms with Gasteiger partial charge in [-0.15, -0.1) is 10.2 Å². The lowest BCUT2D eigenvalue weighted by Crippen LogP contribution is -2.33. The van der Waals surface area contributed by atoms with Crippen LogP contribution in [0.15, 0.2) is 34.2 Å². The number of benzene rings is 1. The summed E-state index contributed by atoms with van der Waals surface area (Å²) in [5.74, 6) is 0.688. The molecule has 1 aliphatic rings. The van der Waals surface area contributed by atoms with E-state index in [1.54, 1.807) is 16.8 Å². The summed E-state index contributed by atoms with van der Waals surface area (Å²) in [6.07, 6.45) is 2.36. The topological polar surface area (TPSA) is 37.8 Å². The molecule has 1 aromatic carbocycles. The van der Waals surface area contributed by atoms with Crippen LogP contribution in [0.3, 0.4) is 0 Å². The van der Waals surface area contributed by atoms with Gasteiger partial charge in [-0.2, -0.15) is 0 Å². The Morgan fingerprint density at radius 1 is 1.24 bits per heavy atom. The second-order valence-electron chi connectivity index (χ2n) is 4.31. The number of rotatable bonds is 3. The maximum absolute atomic E-state index is 4.00. The second-order valence-corrected chi connectivity index (χ2v) is 6.05. The van der Waals surface area contributed by atoms with E-state index in [1.165, 1.54) is 18.4 Å². The predicted octanol–water partition coefficient (Wildman–Crippen LogP) is 3.66. The largest absolute Gasteiger partial charge is 0.357 e. The van der Waals surface area contributed by atoms with Crippen LogP contribution in [0.4, 0.5) is 5.13 Å². The molecule has 1 aliphatic carbocycles. The van der Waals surface area contributed by atoms with Gasteiger partial charge in [-0.25, -0.2) is 0 Å². The van der Waals surface area contributed by atoms with Crippen LogP contribution in [0.5, 0.6) is 0 Å². The monoisotopic (exact) mass is 309 g/mol. The number of halogens is 1. The summed E-state index contributed by atoms with van der Waals surface area (Å²) in [5, 5.41) is 12.2. The highest BCUT2D eigenvalue weighted by molar-refractivity contribution is 9.10. The fourth-order valence-electron chi connectivity index (χ4n) is 2.15. The molecule has 0 spiro atoms. The van der Waals surface area contributed by atoms with Gasteiger partial charge in [0.25, 0.3) is 0 Å². The first-order chi connectivity index (χ1) is 8.31. The quantitative estimate of drug-likeness (QED) is 0.940. The van der Waals surface area contributed by atoms with Crippen LogP contribution in [-0.2, 0) is 0 Å². The zero-order valence-corrected chi connectivity index (χ0v) is 11.5. The number of nitrogens with one attached hydrogen (secondary N) is 1. The van der Waals surface area contributed by atoms with E-state index in [0.29, 0.717) is 12.0 Å². The van der Waals surface area contributed by atoms with Crippen molar-refractivity contribution in [2.45, 2.75) is 24.8 Å². The van der Waals surface area contributed by atoms with Crippen molar-refractivity contribution in [2.75, 3.05) is 5.32 Å². The van der Waals surface area contributed by atoms with Gasteiger partial charge < -0.3 is 5.32 Å². The molecule has 1 N–H and O–H groups in total. The van der Waals surface area contributed by atoms with Gasteiger partial charge in [0.05, 0.1) is 0 Å². The summed E-state index contributed by atoms with van der Waals surface area (Å²) in [6.45, 7) is 0. The van der Waals surface area contributed by atoms with Crippen molar-refractivity contribution in [1.82, 2.24) is 10.2 Å². The van der Waals surface area contributed by atoms with Crippen LogP contribution in [-0.4, -0.2) is 16.2 Å². The van der Waals surface area contributed by atoms with Crippen molar-refractivity contribution in [3.63, 3.8) is 0 Å². The first-order valence-electron chi connectivity index (χ1n) is 5.59. The molecule has 0 saturated heterocycles. The van der Waals surface area contributed by atoms with Crippen molar-refractivity contribution in [3.05, 3.63) is 39.8 Å². The van der Waals surface area contributed by atoms with E-state index in [9.17, 15) is 0 Å². The van der Waals surface area contributed by atoms with Crippen LogP contribution < -0.4 is 5.32 Å². The van der Waals surface area contributed by atoms with Crippen molar-refractivity contribution in [1.29, 1.82) is 0 Å². The van der Waals surface area contributed by atoms with Crippen LogP contribution >= 0.6 is 27.3 Å². The Bertz CT molecular complexity index is 477. The summed E-state index contributed by atoms with van der Waals surface area (Å²) in [4.78, 5) is 0. The highest BCUT2D eigenvalue weighted by atomic mass is 79.9. The van der Waals surface area contributed by atoms with E-state index in [1.807, 2.05) is 0 Å². The minimum absolute atomic E-state index is 0.552. The lowest BCUT2D eigenvalue weighted by atomic mass is 9.76. The molecule has 1 fully saturated rings. The van der Waals surface area contributed by atoms with Crippen LogP contribution in [0.1, 0.15) is 24.3 Å².